The topological polar surface area (TPSA) is 17.1 Å². The van der Waals surface area contributed by atoms with Crippen LogP contribution >= 0.6 is 23.2 Å². The first kappa shape index (κ1) is 9.34. The highest BCUT2D eigenvalue weighted by Crippen LogP contribution is 2.69. The number of hydrogen-bond acceptors (Lipinski definition) is 1. The lowest BCUT2D eigenvalue weighted by Crippen LogP contribution is -2.04. The van der Waals surface area contributed by atoms with E-state index in [4.69, 9.17) is 23.2 Å². The summed E-state index contributed by atoms with van der Waals surface area (Å²) in [6.07, 6.45) is 0.523. The van der Waals surface area contributed by atoms with E-state index in [1.54, 1.807) is 0 Å². The number of hydrogen-bond donors (Lipinski definition) is 0. The third kappa shape index (κ3) is 1.09. The van der Waals surface area contributed by atoms with E-state index >= 15 is 0 Å². The number of halogens is 2. The molecule has 0 bridgehead atoms. The Morgan fingerprint density at radius 2 is 1.82 bits per heavy atom. The van der Waals surface area contributed by atoms with Crippen molar-refractivity contribution in [3.8, 4) is 0 Å². The fraction of sp³-hybridized carbons (Fsp3) is 0.875. The van der Waals surface area contributed by atoms with E-state index in [0.29, 0.717) is 6.42 Å². The summed E-state index contributed by atoms with van der Waals surface area (Å²) in [5, 5.41) is 0. The largest absolute Gasteiger partial charge is 0.299 e. The predicted molar refractivity (Wildman–Crippen MR) is 47.0 cm³/mol. The Balaban J connectivity index is 2.75. The summed E-state index contributed by atoms with van der Waals surface area (Å²) < 4.78 is -0.819. The van der Waals surface area contributed by atoms with Crippen LogP contribution < -0.4 is 0 Å². The minimum absolute atomic E-state index is 0.164. The molecule has 64 valence electrons. The molecule has 1 rings (SSSR count). The fourth-order valence-corrected chi connectivity index (χ4v) is 2.36. The summed E-state index contributed by atoms with van der Waals surface area (Å²) in [7, 11) is 0. The predicted octanol–water partition coefficient (Wildman–Crippen LogP) is 2.80. The molecule has 0 N–H and O–H groups in total. The summed E-state index contributed by atoms with van der Waals surface area (Å²) >= 11 is 11.8. The zero-order valence-corrected chi connectivity index (χ0v) is 8.46. The molecule has 0 spiro atoms. The second-order valence-corrected chi connectivity index (χ2v) is 4.98. The number of ketones is 1. The van der Waals surface area contributed by atoms with Gasteiger partial charge in [-0.15, -0.1) is 23.2 Å². The molecule has 1 saturated carbocycles. The van der Waals surface area contributed by atoms with Crippen molar-refractivity contribution in [1.29, 1.82) is 0 Å². The lowest BCUT2D eigenvalue weighted by Gasteiger charge is -1.98. The quantitative estimate of drug-likeness (QED) is 0.619. The SMILES string of the molecule is CCC(=O)C1C(C)(C)C1(Cl)Cl. The van der Waals surface area contributed by atoms with Crippen LogP contribution in [-0.2, 0) is 4.79 Å². The molecular formula is C8H12Cl2O. The molecule has 1 nitrogen and oxygen atoms in total. The highest BCUT2D eigenvalue weighted by Gasteiger charge is 2.72. The van der Waals surface area contributed by atoms with Gasteiger partial charge in [-0.1, -0.05) is 20.8 Å². The molecule has 1 atom stereocenters. The van der Waals surface area contributed by atoms with Gasteiger partial charge in [-0.3, -0.25) is 4.79 Å². The van der Waals surface area contributed by atoms with Crippen LogP contribution in [0.3, 0.4) is 0 Å². The Morgan fingerprint density at radius 3 is 1.91 bits per heavy atom. The maximum absolute atomic E-state index is 11.2. The first-order valence-electron chi connectivity index (χ1n) is 3.76. The van der Waals surface area contributed by atoms with Crippen LogP contribution in [0.5, 0.6) is 0 Å². The maximum atomic E-state index is 11.2. The molecular weight excluding hydrogens is 183 g/mol. The molecule has 1 aliphatic carbocycles. The zero-order chi connectivity index (χ0) is 8.86. The summed E-state index contributed by atoms with van der Waals surface area (Å²) in [6, 6.07) is 0. The van der Waals surface area contributed by atoms with Crippen LogP contribution in [0.2, 0.25) is 0 Å². The molecule has 1 fully saturated rings. The van der Waals surface area contributed by atoms with Crippen LogP contribution in [0, 0.1) is 11.3 Å². The van der Waals surface area contributed by atoms with Crippen molar-refractivity contribution < 1.29 is 4.79 Å². The lowest BCUT2D eigenvalue weighted by atomic mass is 10.1. The van der Waals surface area contributed by atoms with Crippen LogP contribution in [0.1, 0.15) is 27.2 Å². The first-order chi connectivity index (χ1) is 4.85. The minimum atomic E-state index is -0.819. The smallest absolute Gasteiger partial charge is 0.139 e. The van der Waals surface area contributed by atoms with Crippen molar-refractivity contribution in [2.24, 2.45) is 11.3 Å². The summed E-state index contributed by atoms with van der Waals surface area (Å²) in [6.45, 7) is 5.68. The normalized spacial score (nSPS) is 31.5. The fourth-order valence-electron chi connectivity index (χ4n) is 1.47. The monoisotopic (exact) mass is 194 g/mol. The van der Waals surface area contributed by atoms with Crippen molar-refractivity contribution in [2.75, 3.05) is 0 Å². The molecule has 0 aromatic rings. The number of rotatable bonds is 2. The van der Waals surface area contributed by atoms with Crippen molar-refractivity contribution in [1.82, 2.24) is 0 Å². The molecule has 0 heterocycles. The van der Waals surface area contributed by atoms with Gasteiger partial charge < -0.3 is 0 Å². The van der Waals surface area contributed by atoms with Gasteiger partial charge in [0.1, 0.15) is 10.1 Å². The van der Waals surface area contributed by atoms with Crippen LogP contribution in [-0.4, -0.2) is 10.1 Å². The molecule has 3 heteroatoms. The first-order valence-corrected chi connectivity index (χ1v) is 4.51. The Morgan fingerprint density at radius 1 is 1.45 bits per heavy atom. The summed E-state index contributed by atoms with van der Waals surface area (Å²) in [5.74, 6) is 0.00309. The number of carbonyl (C=O) groups is 1. The van der Waals surface area contributed by atoms with Crippen LogP contribution in [0.25, 0.3) is 0 Å². The van der Waals surface area contributed by atoms with Gasteiger partial charge in [0.25, 0.3) is 0 Å². The lowest BCUT2D eigenvalue weighted by molar-refractivity contribution is -0.120. The van der Waals surface area contributed by atoms with Gasteiger partial charge in [-0.05, 0) is 0 Å². The minimum Gasteiger partial charge on any atom is -0.299 e. The highest BCUT2D eigenvalue weighted by molar-refractivity contribution is 6.53. The maximum Gasteiger partial charge on any atom is 0.139 e. The Labute approximate surface area is 77.1 Å². The van der Waals surface area contributed by atoms with E-state index in [-0.39, 0.29) is 17.1 Å². The second kappa shape index (κ2) is 2.37. The second-order valence-electron chi connectivity index (χ2n) is 3.60. The third-order valence-corrected chi connectivity index (χ3v) is 3.94. The third-order valence-electron chi connectivity index (χ3n) is 2.53. The average Bonchev–Trinajstić information content (AvgIpc) is 2.24. The summed E-state index contributed by atoms with van der Waals surface area (Å²) in [5.41, 5.74) is -0.233. The summed E-state index contributed by atoms with van der Waals surface area (Å²) in [4.78, 5) is 11.2. The van der Waals surface area contributed by atoms with Gasteiger partial charge in [-0.25, -0.2) is 0 Å². The molecule has 0 aliphatic heterocycles. The molecule has 0 radical (unpaired) electrons. The van der Waals surface area contributed by atoms with E-state index in [9.17, 15) is 4.79 Å². The van der Waals surface area contributed by atoms with Gasteiger partial charge in [0.2, 0.25) is 0 Å². The van der Waals surface area contributed by atoms with E-state index in [1.165, 1.54) is 0 Å². The molecule has 0 saturated heterocycles. The average molecular weight is 195 g/mol. The van der Waals surface area contributed by atoms with Crippen LogP contribution in [0.4, 0.5) is 0 Å². The van der Waals surface area contributed by atoms with Gasteiger partial charge in [-0.2, -0.15) is 0 Å². The zero-order valence-electron chi connectivity index (χ0n) is 6.95. The van der Waals surface area contributed by atoms with Gasteiger partial charge in [0.15, 0.2) is 0 Å². The molecule has 0 amide bonds. The Kier molecular flexibility index (Phi) is 2.01. The van der Waals surface area contributed by atoms with Crippen molar-refractivity contribution in [2.45, 2.75) is 31.5 Å². The van der Waals surface area contributed by atoms with Crippen LogP contribution in [0.15, 0.2) is 0 Å². The molecule has 0 aromatic heterocycles. The van der Waals surface area contributed by atoms with Crippen molar-refractivity contribution in [3.63, 3.8) is 0 Å². The van der Waals surface area contributed by atoms with Crippen molar-refractivity contribution in [3.05, 3.63) is 0 Å². The molecule has 11 heavy (non-hydrogen) atoms. The Hall–Kier alpha value is 0.250. The van der Waals surface area contributed by atoms with E-state index in [0.717, 1.165) is 0 Å². The molecule has 1 aliphatic rings. The van der Waals surface area contributed by atoms with E-state index in [1.807, 2.05) is 20.8 Å². The van der Waals surface area contributed by atoms with Crippen molar-refractivity contribution >= 4 is 29.0 Å². The number of alkyl halides is 2. The molecule has 0 aromatic carbocycles. The van der Waals surface area contributed by atoms with Gasteiger partial charge >= 0.3 is 0 Å². The number of carbonyl (C=O) groups excluding carboxylic acids is 1. The van der Waals surface area contributed by atoms with Gasteiger partial charge in [0, 0.05) is 11.8 Å². The van der Waals surface area contributed by atoms with E-state index in [2.05, 4.69) is 0 Å². The standard InChI is InChI=1S/C8H12Cl2O/c1-4-5(11)6-7(2,3)8(6,9)10/h6H,4H2,1-3H3. The molecule has 1 unspecified atom stereocenters. The van der Waals surface area contributed by atoms with Gasteiger partial charge in [0.05, 0.1) is 5.92 Å². The Bertz CT molecular complexity index is 182. The highest BCUT2D eigenvalue weighted by atomic mass is 35.5. The number of Topliss-reactive ketones (excluding diaryl/α,β-unsaturated/α-hetero) is 1. The van der Waals surface area contributed by atoms with E-state index < -0.39 is 4.33 Å².